The number of aliphatic hydroxyl groups excluding tert-OH is 1. The van der Waals surface area contributed by atoms with Crippen LogP contribution in [-0.4, -0.2) is 26.7 Å². The van der Waals surface area contributed by atoms with E-state index in [2.05, 4.69) is 0 Å². The lowest BCUT2D eigenvalue weighted by Crippen LogP contribution is -2.24. The zero-order valence-electron chi connectivity index (χ0n) is 5.70. The highest BCUT2D eigenvalue weighted by Crippen LogP contribution is 2.01. The van der Waals surface area contributed by atoms with E-state index in [1.165, 1.54) is 13.8 Å². The normalized spacial score (nSPS) is 12.4. The molecular weight excluding hydrogens is 138 g/mol. The van der Waals surface area contributed by atoms with E-state index in [0.29, 0.717) is 0 Å². The molecule has 0 spiro atoms. The van der Waals surface area contributed by atoms with Crippen molar-refractivity contribution in [3.8, 4) is 0 Å². The molecule has 0 rings (SSSR count). The van der Waals surface area contributed by atoms with Crippen LogP contribution in [0.4, 0.5) is 0 Å². The van der Waals surface area contributed by atoms with Crippen molar-refractivity contribution in [2.24, 2.45) is 0 Å². The van der Waals surface area contributed by atoms with Crippen molar-refractivity contribution in [3.63, 3.8) is 0 Å². The molecule has 0 aromatic heterocycles. The Morgan fingerprint density at radius 3 is 1.80 bits per heavy atom. The molecule has 0 atom stereocenters. The number of carbonyl (C=O) groups excluding carboxylic acids is 1. The van der Waals surface area contributed by atoms with Gasteiger partial charge in [0.1, 0.15) is 0 Å². The van der Waals surface area contributed by atoms with Crippen LogP contribution in [0.5, 0.6) is 0 Å². The first kappa shape index (κ1) is 8.93. The fourth-order valence-corrected chi connectivity index (χ4v) is 0.305. The largest absolute Gasteiger partial charge is 0.512 e. The van der Waals surface area contributed by atoms with Crippen LogP contribution in [0.25, 0.3) is 0 Å². The molecule has 0 bridgehead atoms. The third kappa shape index (κ3) is 2.04. The lowest BCUT2D eigenvalue weighted by atomic mass is 10.2. The Balaban J connectivity index is 4.38. The van der Waals surface area contributed by atoms with Crippen LogP contribution >= 0.6 is 0 Å². The van der Waals surface area contributed by atoms with Crippen LogP contribution in [0.2, 0.25) is 0 Å². The summed E-state index contributed by atoms with van der Waals surface area (Å²) < 4.78 is 0. The van der Waals surface area contributed by atoms with E-state index in [1.807, 2.05) is 0 Å². The van der Waals surface area contributed by atoms with Crippen LogP contribution in [0.15, 0.2) is 11.3 Å². The maximum Gasteiger partial charge on any atom is 0.302 e. The third-order valence-electron chi connectivity index (χ3n) is 1.05. The summed E-state index contributed by atoms with van der Waals surface area (Å²) in [6, 6.07) is 0. The Labute approximate surface area is 57.7 Å². The van der Waals surface area contributed by atoms with Crippen LogP contribution in [0, 0.1) is 0 Å². The average molecular weight is 147 g/mol. The topological polar surface area (TPSA) is 81.0 Å². The average Bonchev–Trinajstić information content (AvgIpc) is 1.84. The number of hydrogen-bond donors (Lipinski definition) is 3. The van der Waals surface area contributed by atoms with Crippen molar-refractivity contribution in [1.29, 1.82) is 0 Å². The second-order valence-corrected chi connectivity index (χ2v) is 1.81. The van der Waals surface area contributed by atoms with Gasteiger partial charge in [-0.2, -0.15) is 0 Å². The molecule has 0 radical (unpaired) electrons. The van der Waals surface area contributed by atoms with E-state index < -0.39 is 11.1 Å². The van der Waals surface area contributed by atoms with Gasteiger partial charge in [-0.05, 0) is 13.8 Å². The molecule has 0 aliphatic heterocycles. The molecule has 0 saturated carbocycles. The van der Waals surface area contributed by atoms with Crippen molar-refractivity contribution in [3.05, 3.63) is 11.3 Å². The van der Waals surface area contributed by atoms with Gasteiger partial charge in [-0.3, -0.25) is 15.2 Å². The monoisotopic (exact) mass is 147 g/mol. The fourth-order valence-electron chi connectivity index (χ4n) is 0.305. The van der Waals surface area contributed by atoms with Gasteiger partial charge in [-0.25, -0.2) is 0 Å². The summed E-state index contributed by atoms with van der Waals surface area (Å²) >= 11 is 0. The van der Waals surface area contributed by atoms with Gasteiger partial charge in [0.2, 0.25) is 0 Å². The Morgan fingerprint density at radius 1 is 1.30 bits per heavy atom. The van der Waals surface area contributed by atoms with Crippen molar-refractivity contribution in [1.82, 2.24) is 5.23 Å². The van der Waals surface area contributed by atoms with Crippen molar-refractivity contribution < 1.29 is 20.3 Å². The molecule has 0 unspecified atom stereocenters. The van der Waals surface area contributed by atoms with Gasteiger partial charge in [0, 0.05) is 0 Å². The van der Waals surface area contributed by atoms with Crippen molar-refractivity contribution >= 4 is 5.91 Å². The Bertz CT molecular complexity index is 168. The molecule has 0 aromatic rings. The molecule has 10 heavy (non-hydrogen) atoms. The molecule has 5 heteroatoms. The highest BCUT2D eigenvalue weighted by Gasteiger charge is 2.12. The number of allylic oxidation sites excluding steroid dienone is 1. The molecular formula is C5H9NO4. The van der Waals surface area contributed by atoms with Gasteiger partial charge in [0.05, 0.1) is 11.3 Å². The summed E-state index contributed by atoms with van der Waals surface area (Å²) in [6.45, 7) is 2.55. The van der Waals surface area contributed by atoms with E-state index >= 15 is 0 Å². The lowest BCUT2D eigenvalue weighted by molar-refractivity contribution is -0.281. The van der Waals surface area contributed by atoms with E-state index in [9.17, 15) is 4.79 Å². The fraction of sp³-hybridized carbons (Fsp3) is 0.400. The number of hydroxylamine groups is 2. The lowest BCUT2D eigenvalue weighted by Gasteiger charge is -2.05. The van der Waals surface area contributed by atoms with Crippen LogP contribution in [-0.2, 0) is 4.79 Å². The summed E-state index contributed by atoms with van der Waals surface area (Å²) in [5.74, 6) is -1.28. The van der Waals surface area contributed by atoms with Gasteiger partial charge >= 0.3 is 5.91 Å². The Kier molecular flexibility index (Phi) is 2.85. The number of nitrogens with zero attached hydrogens (tertiary/aromatic N) is 1. The number of rotatable bonds is 1. The number of hydrogen-bond acceptors (Lipinski definition) is 4. The van der Waals surface area contributed by atoms with Crippen LogP contribution in [0.3, 0.4) is 0 Å². The molecule has 0 aliphatic carbocycles. The minimum absolute atomic E-state index is 0.106. The van der Waals surface area contributed by atoms with Crippen molar-refractivity contribution in [2.75, 3.05) is 0 Å². The smallest absolute Gasteiger partial charge is 0.302 e. The molecule has 5 nitrogen and oxygen atoms in total. The molecule has 1 amide bonds. The van der Waals surface area contributed by atoms with Crippen molar-refractivity contribution in [2.45, 2.75) is 13.8 Å². The first-order valence-electron chi connectivity index (χ1n) is 2.55. The minimum atomic E-state index is -1.04. The van der Waals surface area contributed by atoms with Gasteiger partial charge in [-0.15, -0.1) is 0 Å². The number of aliphatic hydroxyl groups is 1. The van der Waals surface area contributed by atoms with Gasteiger partial charge in [-0.1, -0.05) is 5.23 Å². The zero-order chi connectivity index (χ0) is 8.31. The van der Waals surface area contributed by atoms with E-state index in [-0.39, 0.29) is 11.3 Å². The Morgan fingerprint density at radius 2 is 1.70 bits per heavy atom. The second kappa shape index (κ2) is 3.19. The van der Waals surface area contributed by atoms with E-state index in [0.717, 1.165) is 0 Å². The predicted molar refractivity (Wildman–Crippen MR) is 31.4 cm³/mol. The number of carbonyl (C=O) groups is 1. The summed E-state index contributed by atoms with van der Waals surface area (Å²) in [6.07, 6.45) is 0. The highest BCUT2D eigenvalue weighted by atomic mass is 16.8. The molecule has 58 valence electrons. The standard InChI is InChI=1S/C5H9NO4/c1-3(4(2)7)5(8)6(9)10/h7,9-10H,1-2H3. The SMILES string of the molecule is CC(O)=C(C)C(=O)N(O)O. The minimum Gasteiger partial charge on any atom is -0.512 e. The third-order valence-corrected chi connectivity index (χ3v) is 1.05. The van der Waals surface area contributed by atoms with Gasteiger partial charge < -0.3 is 5.11 Å². The second-order valence-electron chi connectivity index (χ2n) is 1.81. The zero-order valence-corrected chi connectivity index (χ0v) is 5.70. The van der Waals surface area contributed by atoms with E-state index in [1.54, 1.807) is 0 Å². The molecule has 3 N–H and O–H groups in total. The molecule has 0 aliphatic rings. The van der Waals surface area contributed by atoms with Crippen LogP contribution < -0.4 is 0 Å². The predicted octanol–water partition coefficient (Wildman–Crippen LogP) is 0.445. The summed E-state index contributed by atoms with van der Waals surface area (Å²) in [5, 5.41) is 24.3. The Hall–Kier alpha value is -1.07. The maximum atomic E-state index is 10.5. The highest BCUT2D eigenvalue weighted by molar-refractivity contribution is 5.91. The molecule has 0 heterocycles. The number of amides is 1. The first-order valence-corrected chi connectivity index (χ1v) is 2.55. The first-order chi connectivity index (χ1) is 4.46. The molecule has 0 aromatic carbocycles. The summed E-state index contributed by atoms with van der Waals surface area (Å²) in [4.78, 5) is 10.5. The maximum absolute atomic E-state index is 10.5. The quantitative estimate of drug-likeness (QED) is 0.217. The van der Waals surface area contributed by atoms with E-state index in [4.69, 9.17) is 15.5 Å². The summed E-state index contributed by atoms with van der Waals surface area (Å²) in [5.41, 5.74) is -0.106. The van der Waals surface area contributed by atoms with Gasteiger partial charge in [0.15, 0.2) is 0 Å². The molecule has 0 saturated heterocycles. The summed E-state index contributed by atoms with van der Waals surface area (Å²) in [7, 11) is 0. The van der Waals surface area contributed by atoms with Crippen LogP contribution in [0.1, 0.15) is 13.8 Å². The molecule has 0 fully saturated rings. The van der Waals surface area contributed by atoms with Gasteiger partial charge in [0.25, 0.3) is 0 Å².